The molecule has 90 valence electrons. The summed E-state index contributed by atoms with van der Waals surface area (Å²) in [6.45, 7) is 0. The van der Waals surface area contributed by atoms with Gasteiger partial charge in [0.1, 0.15) is 0 Å². The smallest absolute Gasteiger partial charge is 0.248 e. The Morgan fingerprint density at radius 1 is 0.778 bits per heavy atom. The van der Waals surface area contributed by atoms with Crippen molar-refractivity contribution in [2.24, 2.45) is 0 Å². The van der Waals surface area contributed by atoms with Crippen molar-refractivity contribution in [2.75, 3.05) is 0 Å². The number of aromatic amines is 1. The third-order valence-electron chi connectivity index (χ3n) is 2.35. The molecule has 3 nitrogen and oxygen atoms in total. The number of para-hydroxylation sites is 1. The van der Waals surface area contributed by atoms with Gasteiger partial charge in [0.25, 0.3) is 0 Å². The second-order valence-corrected chi connectivity index (χ2v) is 3.68. The molecule has 0 saturated heterocycles. The number of aromatic nitrogens is 1. The molecule has 3 heteroatoms. The predicted molar refractivity (Wildman–Crippen MR) is 75.1 cm³/mol. The second-order valence-electron chi connectivity index (χ2n) is 3.68. The zero-order chi connectivity index (χ0) is 12.6. The molecule has 0 saturated carbocycles. The summed E-state index contributed by atoms with van der Waals surface area (Å²) in [5, 5.41) is 3.99. The molecule has 0 unspecified atom stereocenters. The van der Waals surface area contributed by atoms with Crippen LogP contribution < -0.4 is 10.9 Å². The van der Waals surface area contributed by atoms with Crippen LogP contribution in [0.1, 0.15) is 0 Å². The zero-order valence-corrected chi connectivity index (χ0v) is 9.84. The number of fused-ring (bicyclic) bond motifs is 1. The maximum absolute atomic E-state index is 10.8. The molecule has 2 aromatic rings. The van der Waals surface area contributed by atoms with Crippen LogP contribution in [0.15, 0.2) is 77.9 Å². The Kier molecular flexibility index (Phi) is 4.14. The Morgan fingerprint density at radius 3 is 2.28 bits per heavy atom. The topological polar surface area (TPSA) is 44.9 Å². The van der Waals surface area contributed by atoms with Crippen LogP contribution in [-0.4, -0.2) is 4.98 Å². The van der Waals surface area contributed by atoms with Crippen molar-refractivity contribution in [3.05, 3.63) is 83.5 Å². The van der Waals surface area contributed by atoms with Crippen LogP contribution in [0.25, 0.3) is 10.9 Å². The second kappa shape index (κ2) is 6.25. The zero-order valence-electron chi connectivity index (χ0n) is 9.84. The maximum atomic E-state index is 10.8. The Labute approximate surface area is 105 Å². The first-order chi connectivity index (χ1) is 8.86. The number of benzene rings is 1. The minimum Gasteiger partial charge on any atom is -0.368 e. The van der Waals surface area contributed by atoms with Crippen molar-refractivity contribution in [2.45, 2.75) is 0 Å². The van der Waals surface area contributed by atoms with E-state index in [4.69, 9.17) is 0 Å². The number of rotatable bonds is 0. The van der Waals surface area contributed by atoms with Gasteiger partial charge in [-0.1, -0.05) is 30.4 Å². The molecular weight excluding hydrogens is 224 g/mol. The van der Waals surface area contributed by atoms with Gasteiger partial charge in [-0.25, -0.2) is 0 Å². The van der Waals surface area contributed by atoms with E-state index in [1.54, 1.807) is 0 Å². The van der Waals surface area contributed by atoms with E-state index in [-0.39, 0.29) is 5.56 Å². The summed E-state index contributed by atoms with van der Waals surface area (Å²) >= 11 is 0. The van der Waals surface area contributed by atoms with Crippen molar-refractivity contribution in [1.82, 2.24) is 10.3 Å². The fourth-order valence-electron chi connectivity index (χ4n) is 1.50. The van der Waals surface area contributed by atoms with Crippen LogP contribution in [0.2, 0.25) is 0 Å². The lowest BCUT2D eigenvalue weighted by molar-refractivity contribution is 1.20. The fraction of sp³-hybridized carbons (Fsp3) is 0. The Balaban J connectivity index is 0.000000149. The number of H-pyrrole nitrogens is 1. The van der Waals surface area contributed by atoms with E-state index in [1.165, 1.54) is 6.07 Å². The standard InChI is InChI=1S/C9H7NO.C6H7N/c11-9-6-5-7-3-1-2-4-8(7)10-9;1-2-4-6-7-5-3-1/h1-6H,(H,10,11);1-7H. The van der Waals surface area contributed by atoms with Gasteiger partial charge in [0.15, 0.2) is 0 Å². The number of nitrogens with one attached hydrogen (secondary N) is 2. The molecule has 0 amide bonds. The molecule has 0 spiro atoms. The minimum absolute atomic E-state index is 0.0521. The first-order valence-corrected chi connectivity index (χ1v) is 5.69. The summed E-state index contributed by atoms with van der Waals surface area (Å²) in [6.07, 6.45) is 11.6. The van der Waals surface area contributed by atoms with E-state index in [9.17, 15) is 4.79 Å². The third kappa shape index (κ3) is 3.49. The average Bonchev–Trinajstić information content (AvgIpc) is 2.71. The third-order valence-corrected chi connectivity index (χ3v) is 2.35. The van der Waals surface area contributed by atoms with Gasteiger partial charge in [0.05, 0.1) is 0 Å². The van der Waals surface area contributed by atoms with E-state index in [1.807, 2.05) is 67.0 Å². The summed E-state index contributed by atoms with van der Waals surface area (Å²) in [4.78, 5) is 13.6. The van der Waals surface area contributed by atoms with Gasteiger partial charge in [-0.3, -0.25) is 4.79 Å². The molecule has 0 aliphatic carbocycles. The number of hydrogen-bond acceptors (Lipinski definition) is 2. The van der Waals surface area contributed by atoms with Gasteiger partial charge in [0, 0.05) is 24.0 Å². The van der Waals surface area contributed by atoms with Crippen molar-refractivity contribution >= 4 is 10.9 Å². The fourth-order valence-corrected chi connectivity index (χ4v) is 1.50. The Bertz CT molecular complexity index is 637. The summed E-state index contributed by atoms with van der Waals surface area (Å²) in [5.41, 5.74) is 0.837. The Morgan fingerprint density at radius 2 is 1.50 bits per heavy atom. The van der Waals surface area contributed by atoms with E-state index in [0.29, 0.717) is 0 Å². The van der Waals surface area contributed by atoms with Crippen LogP contribution in [0.3, 0.4) is 0 Å². The summed E-state index contributed by atoms with van der Waals surface area (Å²) < 4.78 is 0. The largest absolute Gasteiger partial charge is 0.368 e. The molecular formula is C15H14N2O. The molecule has 1 aliphatic rings. The summed E-state index contributed by atoms with van der Waals surface area (Å²) in [6, 6.07) is 11.0. The highest BCUT2D eigenvalue weighted by molar-refractivity contribution is 5.77. The van der Waals surface area contributed by atoms with E-state index in [2.05, 4.69) is 10.3 Å². The van der Waals surface area contributed by atoms with Gasteiger partial charge in [-0.15, -0.1) is 0 Å². The molecule has 2 N–H and O–H groups in total. The molecule has 2 heterocycles. The highest BCUT2D eigenvalue weighted by Gasteiger charge is 1.89. The molecule has 1 aromatic carbocycles. The molecule has 3 rings (SSSR count). The lowest BCUT2D eigenvalue weighted by Crippen LogP contribution is -2.01. The SMILES string of the molecule is C1=CC=CNC=C1.O=c1ccc2ccccc2[nH]1. The van der Waals surface area contributed by atoms with E-state index in [0.717, 1.165) is 10.9 Å². The quantitative estimate of drug-likeness (QED) is 0.741. The lowest BCUT2D eigenvalue weighted by Gasteiger charge is -1.93. The molecule has 1 aliphatic heterocycles. The van der Waals surface area contributed by atoms with Gasteiger partial charge in [-0.2, -0.15) is 0 Å². The maximum Gasteiger partial charge on any atom is 0.248 e. The monoisotopic (exact) mass is 238 g/mol. The summed E-state index contributed by atoms with van der Waals surface area (Å²) in [5.74, 6) is 0. The van der Waals surface area contributed by atoms with Crippen molar-refractivity contribution in [3.8, 4) is 0 Å². The van der Waals surface area contributed by atoms with E-state index < -0.39 is 0 Å². The number of pyridine rings is 1. The van der Waals surface area contributed by atoms with Crippen LogP contribution in [0, 0.1) is 0 Å². The first kappa shape index (κ1) is 11.9. The lowest BCUT2D eigenvalue weighted by atomic mass is 10.2. The molecule has 0 atom stereocenters. The first-order valence-electron chi connectivity index (χ1n) is 5.69. The summed E-state index contributed by atoms with van der Waals surface area (Å²) in [7, 11) is 0. The van der Waals surface area contributed by atoms with Crippen molar-refractivity contribution in [3.63, 3.8) is 0 Å². The van der Waals surface area contributed by atoms with Gasteiger partial charge < -0.3 is 10.3 Å². The highest BCUT2D eigenvalue weighted by atomic mass is 16.1. The number of hydrogen-bond donors (Lipinski definition) is 2. The average molecular weight is 238 g/mol. The van der Waals surface area contributed by atoms with Crippen molar-refractivity contribution < 1.29 is 0 Å². The highest BCUT2D eigenvalue weighted by Crippen LogP contribution is 2.06. The van der Waals surface area contributed by atoms with E-state index >= 15 is 0 Å². The van der Waals surface area contributed by atoms with Crippen molar-refractivity contribution in [1.29, 1.82) is 0 Å². The Hall–Kier alpha value is -2.55. The predicted octanol–water partition coefficient (Wildman–Crippen LogP) is 2.70. The number of allylic oxidation sites excluding steroid dienone is 4. The van der Waals surface area contributed by atoms with Crippen LogP contribution in [0.5, 0.6) is 0 Å². The van der Waals surface area contributed by atoms with Gasteiger partial charge in [0.2, 0.25) is 5.56 Å². The molecule has 0 radical (unpaired) electrons. The van der Waals surface area contributed by atoms with Gasteiger partial charge in [-0.05, 0) is 29.7 Å². The van der Waals surface area contributed by atoms with Crippen LogP contribution in [0.4, 0.5) is 0 Å². The molecule has 1 aromatic heterocycles. The molecule has 0 bridgehead atoms. The van der Waals surface area contributed by atoms with Crippen LogP contribution in [-0.2, 0) is 0 Å². The molecule has 18 heavy (non-hydrogen) atoms. The minimum atomic E-state index is -0.0521. The molecule has 0 fully saturated rings. The van der Waals surface area contributed by atoms with Gasteiger partial charge >= 0.3 is 0 Å². The normalized spacial score (nSPS) is 12.4. The van der Waals surface area contributed by atoms with Crippen LogP contribution >= 0.6 is 0 Å².